The van der Waals surface area contributed by atoms with Gasteiger partial charge >= 0.3 is 0 Å². The van der Waals surface area contributed by atoms with Crippen molar-refractivity contribution in [1.29, 1.82) is 0 Å². The predicted molar refractivity (Wildman–Crippen MR) is 55.7 cm³/mol. The lowest BCUT2D eigenvalue weighted by Crippen LogP contribution is -2.36. The molecule has 15 heavy (non-hydrogen) atoms. The van der Waals surface area contributed by atoms with Crippen molar-refractivity contribution in [2.45, 2.75) is 25.8 Å². The first-order chi connectivity index (χ1) is 6.87. The van der Waals surface area contributed by atoms with E-state index >= 15 is 0 Å². The Kier molecular flexibility index (Phi) is 3.36. The van der Waals surface area contributed by atoms with E-state index in [1.165, 1.54) is 18.2 Å². The summed E-state index contributed by atoms with van der Waals surface area (Å²) in [4.78, 5) is 14.9. The van der Waals surface area contributed by atoms with Gasteiger partial charge in [-0.2, -0.15) is 4.39 Å². The van der Waals surface area contributed by atoms with E-state index in [9.17, 15) is 9.18 Å². The average Bonchev–Trinajstić information content (AvgIpc) is 1.99. The fourth-order valence-corrected chi connectivity index (χ4v) is 1.08. The Labute approximate surface area is 87.7 Å². The SMILES string of the molecule is CC(C)(N)CC(=O)Nc1cccc(F)n1. The largest absolute Gasteiger partial charge is 0.325 e. The Hall–Kier alpha value is -1.49. The zero-order chi connectivity index (χ0) is 11.5. The van der Waals surface area contributed by atoms with Crippen molar-refractivity contribution in [2.75, 3.05) is 5.32 Å². The number of halogens is 1. The van der Waals surface area contributed by atoms with Gasteiger partial charge in [0, 0.05) is 12.0 Å². The molecule has 1 aromatic heterocycles. The van der Waals surface area contributed by atoms with Crippen molar-refractivity contribution >= 4 is 11.7 Å². The minimum Gasteiger partial charge on any atom is -0.325 e. The standard InChI is InChI=1S/C10H14FN3O/c1-10(2,12)6-9(15)14-8-5-3-4-7(11)13-8/h3-5H,6,12H2,1-2H3,(H,13,14,15). The molecule has 1 amide bonds. The van der Waals surface area contributed by atoms with Gasteiger partial charge in [-0.05, 0) is 26.0 Å². The molecule has 4 nitrogen and oxygen atoms in total. The fourth-order valence-electron chi connectivity index (χ4n) is 1.08. The van der Waals surface area contributed by atoms with E-state index in [4.69, 9.17) is 5.73 Å². The number of hydrogen-bond donors (Lipinski definition) is 2. The molecular formula is C10H14FN3O. The van der Waals surface area contributed by atoms with Crippen LogP contribution in [0.2, 0.25) is 0 Å². The van der Waals surface area contributed by atoms with Gasteiger partial charge in [-0.25, -0.2) is 4.98 Å². The lowest BCUT2D eigenvalue weighted by molar-refractivity contribution is -0.117. The van der Waals surface area contributed by atoms with Crippen LogP contribution in [0.4, 0.5) is 10.2 Å². The second-order valence-electron chi connectivity index (χ2n) is 4.06. The summed E-state index contributed by atoms with van der Waals surface area (Å²) in [5.41, 5.74) is 5.08. The highest BCUT2D eigenvalue weighted by atomic mass is 19.1. The second-order valence-corrected chi connectivity index (χ2v) is 4.06. The topological polar surface area (TPSA) is 68.0 Å². The Morgan fingerprint density at radius 1 is 1.60 bits per heavy atom. The van der Waals surface area contributed by atoms with E-state index in [0.29, 0.717) is 0 Å². The molecule has 3 N–H and O–H groups in total. The number of aromatic nitrogens is 1. The summed E-state index contributed by atoms with van der Waals surface area (Å²) in [6.45, 7) is 3.48. The van der Waals surface area contributed by atoms with Crippen LogP contribution in [0, 0.1) is 5.95 Å². The third-order valence-corrected chi connectivity index (χ3v) is 1.60. The van der Waals surface area contributed by atoms with Crippen molar-refractivity contribution in [3.05, 3.63) is 24.1 Å². The lowest BCUT2D eigenvalue weighted by Gasteiger charge is -2.17. The minimum atomic E-state index is -0.625. The number of nitrogens with one attached hydrogen (secondary N) is 1. The zero-order valence-corrected chi connectivity index (χ0v) is 8.75. The molecule has 1 rings (SSSR count). The van der Waals surface area contributed by atoms with Crippen LogP contribution in [0.1, 0.15) is 20.3 Å². The summed E-state index contributed by atoms with van der Waals surface area (Å²) in [6.07, 6.45) is 0.158. The Morgan fingerprint density at radius 3 is 2.80 bits per heavy atom. The monoisotopic (exact) mass is 211 g/mol. The van der Waals surface area contributed by atoms with Crippen molar-refractivity contribution in [3.63, 3.8) is 0 Å². The Morgan fingerprint density at radius 2 is 2.27 bits per heavy atom. The van der Waals surface area contributed by atoms with E-state index in [0.717, 1.165) is 0 Å². The third-order valence-electron chi connectivity index (χ3n) is 1.60. The molecule has 0 unspecified atom stereocenters. The summed E-state index contributed by atoms with van der Waals surface area (Å²) in [5, 5.41) is 2.47. The molecule has 1 aromatic rings. The minimum absolute atomic E-state index is 0.158. The highest BCUT2D eigenvalue weighted by molar-refractivity contribution is 5.90. The van der Waals surface area contributed by atoms with Crippen LogP contribution in [0.5, 0.6) is 0 Å². The molecule has 0 spiro atoms. The van der Waals surface area contributed by atoms with Gasteiger partial charge in [0.1, 0.15) is 5.82 Å². The number of nitrogens with zero attached hydrogens (tertiary/aromatic N) is 1. The second kappa shape index (κ2) is 4.35. The maximum Gasteiger partial charge on any atom is 0.227 e. The quantitative estimate of drug-likeness (QED) is 0.740. The number of carbonyl (C=O) groups excluding carboxylic acids is 1. The Bertz CT molecular complexity index is 360. The number of nitrogens with two attached hydrogens (primary N) is 1. The number of anilines is 1. The number of rotatable bonds is 3. The van der Waals surface area contributed by atoms with Gasteiger partial charge in [-0.1, -0.05) is 6.07 Å². The van der Waals surface area contributed by atoms with Gasteiger partial charge in [-0.15, -0.1) is 0 Å². The average molecular weight is 211 g/mol. The first-order valence-electron chi connectivity index (χ1n) is 4.58. The number of hydrogen-bond acceptors (Lipinski definition) is 3. The molecule has 5 heteroatoms. The van der Waals surface area contributed by atoms with Crippen LogP contribution in [0.25, 0.3) is 0 Å². The van der Waals surface area contributed by atoms with E-state index in [2.05, 4.69) is 10.3 Å². The highest BCUT2D eigenvalue weighted by Crippen LogP contribution is 2.08. The molecule has 0 bridgehead atoms. The summed E-state index contributed by atoms with van der Waals surface area (Å²) in [7, 11) is 0. The molecular weight excluding hydrogens is 197 g/mol. The van der Waals surface area contributed by atoms with Gasteiger partial charge < -0.3 is 11.1 Å². The van der Waals surface area contributed by atoms with Crippen molar-refractivity contribution in [3.8, 4) is 0 Å². The molecule has 0 fully saturated rings. The van der Waals surface area contributed by atoms with Crippen LogP contribution in [0.3, 0.4) is 0 Å². The van der Waals surface area contributed by atoms with Gasteiger partial charge in [-0.3, -0.25) is 4.79 Å². The molecule has 0 saturated carbocycles. The summed E-state index contributed by atoms with van der Waals surface area (Å²) in [6, 6.07) is 4.21. The maximum atomic E-state index is 12.7. The molecule has 82 valence electrons. The van der Waals surface area contributed by atoms with E-state index in [1.54, 1.807) is 13.8 Å². The lowest BCUT2D eigenvalue weighted by atomic mass is 10.0. The number of carbonyl (C=O) groups is 1. The van der Waals surface area contributed by atoms with Crippen LogP contribution < -0.4 is 11.1 Å². The molecule has 1 heterocycles. The normalized spacial score (nSPS) is 11.2. The van der Waals surface area contributed by atoms with Crippen LogP contribution >= 0.6 is 0 Å². The van der Waals surface area contributed by atoms with Crippen molar-refractivity contribution in [1.82, 2.24) is 4.98 Å². The molecule has 0 atom stereocenters. The summed E-state index contributed by atoms with van der Waals surface area (Å²) < 4.78 is 12.7. The van der Waals surface area contributed by atoms with Gasteiger partial charge in [0.2, 0.25) is 11.9 Å². The van der Waals surface area contributed by atoms with Crippen molar-refractivity contribution in [2.24, 2.45) is 5.73 Å². The summed E-state index contributed by atoms with van der Waals surface area (Å²) >= 11 is 0. The molecule has 0 aromatic carbocycles. The zero-order valence-electron chi connectivity index (χ0n) is 8.75. The summed E-state index contributed by atoms with van der Waals surface area (Å²) in [5.74, 6) is -0.704. The van der Waals surface area contributed by atoms with Crippen LogP contribution in [-0.4, -0.2) is 16.4 Å². The van der Waals surface area contributed by atoms with Crippen molar-refractivity contribution < 1.29 is 9.18 Å². The first kappa shape index (κ1) is 11.6. The van der Waals surface area contributed by atoms with E-state index in [1.807, 2.05) is 0 Å². The smallest absolute Gasteiger partial charge is 0.227 e. The van der Waals surface area contributed by atoms with Crippen LogP contribution in [0.15, 0.2) is 18.2 Å². The highest BCUT2D eigenvalue weighted by Gasteiger charge is 2.16. The van der Waals surface area contributed by atoms with Gasteiger partial charge in [0.15, 0.2) is 0 Å². The van der Waals surface area contributed by atoms with E-state index in [-0.39, 0.29) is 18.1 Å². The third kappa shape index (κ3) is 4.51. The number of pyridine rings is 1. The first-order valence-corrected chi connectivity index (χ1v) is 4.58. The Balaban J connectivity index is 2.59. The predicted octanol–water partition coefficient (Wildman–Crippen LogP) is 1.29. The van der Waals surface area contributed by atoms with Crippen LogP contribution in [-0.2, 0) is 4.79 Å². The molecule has 0 radical (unpaired) electrons. The molecule has 0 aliphatic heterocycles. The molecule has 0 aliphatic rings. The fraction of sp³-hybridized carbons (Fsp3) is 0.400. The molecule has 0 saturated heterocycles. The van der Waals surface area contributed by atoms with Gasteiger partial charge in [0.25, 0.3) is 0 Å². The number of amides is 1. The van der Waals surface area contributed by atoms with E-state index < -0.39 is 11.5 Å². The maximum absolute atomic E-state index is 12.7. The molecule has 0 aliphatic carbocycles. The van der Waals surface area contributed by atoms with Gasteiger partial charge in [0.05, 0.1) is 0 Å².